The maximum Gasteiger partial charge on any atom is 1.00 e. The van der Waals surface area contributed by atoms with Crippen LogP contribution in [0.25, 0.3) is 0 Å². The number of hydrogen-bond acceptors (Lipinski definition) is 4. The monoisotopic (exact) mass is 302 g/mol. The molecule has 0 aliphatic heterocycles. The molecule has 1 aliphatic rings. The summed E-state index contributed by atoms with van der Waals surface area (Å²) in [4.78, 5) is 12.4. The van der Waals surface area contributed by atoms with Gasteiger partial charge in [-0.05, 0) is 24.1 Å². The number of nitrogens with two attached hydrogens (primary N) is 1. The Morgan fingerprint density at radius 2 is 2.20 bits per heavy atom. The van der Waals surface area contributed by atoms with Crippen LogP contribution in [-0.4, -0.2) is 22.1 Å². The van der Waals surface area contributed by atoms with Crippen LogP contribution in [0.4, 0.5) is 0 Å². The second-order valence-electron chi connectivity index (χ2n) is 4.88. The van der Waals surface area contributed by atoms with Crippen LogP contribution in [0.3, 0.4) is 0 Å². The number of hydrazine groups is 1. The summed E-state index contributed by atoms with van der Waals surface area (Å²) < 4.78 is 0. The van der Waals surface area contributed by atoms with Crippen molar-refractivity contribution < 1.29 is 39.5 Å². The Balaban J connectivity index is 0.00000200. The van der Waals surface area contributed by atoms with E-state index < -0.39 is 12.0 Å². The number of thiophene rings is 1. The molecule has 104 valence electrons. The van der Waals surface area contributed by atoms with Crippen LogP contribution >= 0.6 is 11.3 Å². The fourth-order valence-corrected chi connectivity index (χ4v) is 3.18. The zero-order valence-electron chi connectivity index (χ0n) is 11.8. The van der Waals surface area contributed by atoms with Crippen LogP contribution in [0, 0.1) is 12.0 Å². The van der Waals surface area contributed by atoms with Crippen molar-refractivity contribution in [2.75, 3.05) is 0 Å². The summed E-state index contributed by atoms with van der Waals surface area (Å²) in [6, 6.07) is 3.20. The molecule has 4 nitrogen and oxygen atoms in total. The Hall–Kier alpha value is -0.330. The largest absolute Gasteiger partial charge is 1.00 e. The molecule has 20 heavy (non-hydrogen) atoms. The number of rotatable bonds is 5. The fraction of sp³-hybridized carbons (Fsp3) is 0.500. The summed E-state index contributed by atoms with van der Waals surface area (Å²) in [5.41, 5.74) is 0. The average Bonchev–Trinajstić information content (AvgIpc) is 2.90. The molecule has 0 aromatic carbocycles. The summed E-state index contributed by atoms with van der Waals surface area (Å²) in [7, 11) is 0. The Bertz CT molecular complexity index is 430. The third kappa shape index (κ3) is 4.90. The number of carbonyl (C=O) groups is 1. The third-order valence-corrected chi connectivity index (χ3v) is 4.35. The van der Waals surface area contributed by atoms with Crippen LogP contribution in [0.15, 0.2) is 23.7 Å². The average molecular weight is 302 g/mol. The standard InChI is InChI=1S/C14H19N2O2S.Na/c15-16(9-8-12-7-4-10-19-12)13(14(17)18)11-5-2-1-3-6-11;/h4,7,9-11,13H,1-3,5-6,15H2,(H,17,18);/q-1;+1. The zero-order valence-corrected chi connectivity index (χ0v) is 14.6. The Morgan fingerprint density at radius 1 is 1.50 bits per heavy atom. The van der Waals surface area contributed by atoms with Crippen LogP contribution in [0.1, 0.15) is 37.0 Å². The quantitative estimate of drug-likeness (QED) is 0.337. The number of carboxylic acids is 1. The van der Waals surface area contributed by atoms with Crippen molar-refractivity contribution in [3.63, 3.8) is 0 Å². The summed E-state index contributed by atoms with van der Waals surface area (Å²) in [6.07, 6.45) is 9.86. The molecule has 3 N–H and O–H groups in total. The van der Waals surface area contributed by atoms with Crippen molar-refractivity contribution in [2.24, 2.45) is 11.8 Å². The molecule has 0 radical (unpaired) electrons. The van der Waals surface area contributed by atoms with E-state index in [1.165, 1.54) is 11.4 Å². The van der Waals surface area contributed by atoms with Gasteiger partial charge in [0.2, 0.25) is 0 Å². The van der Waals surface area contributed by atoms with E-state index in [-0.39, 0.29) is 35.5 Å². The molecule has 1 aromatic heterocycles. The predicted octanol–water partition coefficient (Wildman–Crippen LogP) is -0.374. The first-order valence-electron chi connectivity index (χ1n) is 6.57. The molecule has 1 aliphatic carbocycles. The van der Waals surface area contributed by atoms with Crippen molar-refractivity contribution in [1.29, 1.82) is 0 Å². The number of hydrogen-bond donors (Lipinski definition) is 2. The molecule has 1 saturated carbocycles. The van der Waals surface area contributed by atoms with Crippen molar-refractivity contribution in [2.45, 2.75) is 38.1 Å². The molecule has 0 saturated heterocycles. The topological polar surface area (TPSA) is 66.6 Å². The Morgan fingerprint density at radius 3 is 2.75 bits per heavy atom. The second-order valence-corrected chi connectivity index (χ2v) is 5.83. The van der Waals surface area contributed by atoms with Gasteiger partial charge in [-0.15, -0.1) is 10.9 Å². The van der Waals surface area contributed by atoms with Gasteiger partial charge in [0.15, 0.2) is 0 Å². The SMILES string of the molecule is NN(C=[C-]c1cccs1)C(C(=O)O)C1CCCCC1.[Na+]. The molecular formula is C14H19N2NaO2S. The van der Waals surface area contributed by atoms with Crippen molar-refractivity contribution in [1.82, 2.24) is 5.01 Å². The molecule has 2 rings (SSSR count). The van der Waals surface area contributed by atoms with Gasteiger partial charge in [0.25, 0.3) is 0 Å². The molecule has 1 aromatic rings. The van der Waals surface area contributed by atoms with Crippen molar-refractivity contribution in [3.8, 4) is 0 Å². The number of nitrogens with zero attached hydrogens (tertiary/aromatic N) is 1. The summed E-state index contributed by atoms with van der Waals surface area (Å²) in [6.45, 7) is 0. The van der Waals surface area contributed by atoms with Crippen LogP contribution < -0.4 is 35.4 Å². The van der Waals surface area contributed by atoms with Crippen molar-refractivity contribution in [3.05, 3.63) is 34.7 Å². The molecule has 0 spiro atoms. The molecule has 0 bridgehead atoms. The first kappa shape index (κ1) is 17.7. The van der Waals surface area contributed by atoms with E-state index in [9.17, 15) is 9.90 Å². The van der Waals surface area contributed by atoms with Gasteiger partial charge in [-0.3, -0.25) is 0 Å². The van der Waals surface area contributed by atoms with Gasteiger partial charge in [-0.2, -0.15) is 17.4 Å². The van der Waals surface area contributed by atoms with E-state index in [0.717, 1.165) is 30.6 Å². The summed E-state index contributed by atoms with van der Waals surface area (Å²) in [5, 5.41) is 12.6. The van der Waals surface area contributed by atoms with Gasteiger partial charge in [0.1, 0.15) is 6.04 Å². The van der Waals surface area contributed by atoms with Gasteiger partial charge >= 0.3 is 35.5 Å². The molecule has 1 fully saturated rings. The minimum atomic E-state index is -0.848. The van der Waals surface area contributed by atoms with Crippen LogP contribution in [0.5, 0.6) is 0 Å². The number of carboxylic acid groups (broad SMARTS) is 1. The van der Waals surface area contributed by atoms with Crippen LogP contribution in [0.2, 0.25) is 0 Å². The fourth-order valence-electron chi connectivity index (χ4n) is 2.60. The third-order valence-electron chi connectivity index (χ3n) is 3.55. The first-order valence-corrected chi connectivity index (χ1v) is 7.45. The first-order chi connectivity index (χ1) is 9.18. The van der Waals surface area contributed by atoms with Gasteiger partial charge in [0, 0.05) is 0 Å². The maximum atomic E-state index is 11.4. The minimum absolute atomic E-state index is 0. The van der Waals surface area contributed by atoms with Gasteiger partial charge < -0.3 is 10.1 Å². The minimum Gasteiger partial charge on any atom is -0.480 e. The van der Waals surface area contributed by atoms with E-state index >= 15 is 0 Å². The van der Waals surface area contributed by atoms with E-state index in [1.807, 2.05) is 17.5 Å². The Labute approximate surface area is 145 Å². The molecule has 0 amide bonds. The maximum absolute atomic E-state index is 11.4. The molecule has 1 atom stereocenters. The van der Waals surface area contributed by atoms with E-state index in [4.69, 9.17) is 5.84 Å². The van der Waals surface area contributed by atoms with Crippen LogP contribution in [-0.2, 0) is 4.79 Å². The summed E-state index contributed by atoms with van der Waals surface area (Å²) in [5.74, 6) is 5.19. The molecule has 1 heterocycles. The summed E-state index contributed by atoms with van der Waals surface area (Å²) >= 11 is 1.55. The van der Waals surface area contributed by atoms with Gasteiger partial charge in [-0.25, -0.2) is 16.7 Å². The van der Waals surface area contributed by atoms with Gasteiger partial charge in [-0.1, -0.05) is 25.5 Å². The molecule has 1 unspecified atom stereocenters. The van der Waals surface area contributed by atoms with Crippen molar-refractivity contribution >= 4 is 17.3 Å². The molecule has 6 heteroatoms. The predicted molar refractivity (Wildman–Crippen MR) is 75.3 cm³/mol. The smallest absolute Gasteiger partial charge is 0.480 e. The van der Waals surface area contributed by atoms with E-state index in [0.29, 0.717) is 0 Å². The Kier molecular flexibility index (Phi) is 7.84. The number of aliphatic carboxylic acids is 1. The molecular weight excluding hydrogens is 283 g/mol. The van der Waals surface area contributed by atoms with E-state index in [2.05, 4.69) is 6.08 Å². The second kappa shape index (κ2) is 8.85. The van der Waals surface area contributed by atoms with Gasteiger partial charge in [0.05, 0.1) is 0 Å². The normalized spacial score (nSPS) is 17.6. The van der Waals surface area contributed by atoms with E-state index in [1.54, 1.807) is 17.5 Å². The zero-order chi connectivity index (χ0) is 13.7.